The number of nitriles is 1. The normalized spacial score (nSPS) is 10.4. The minimum atomic E-state index is 0.437. The van der Waals surface area contributed by atoms with Crippen molar-refractivity contribution >= 4 is 28.9 Å². The molecule has 0 aliphatic heterocycles. The first-order chi connectivity index (χ1) is 10.1. The Morgan fingerprint density at radius 1 is 1.33 bits per heavy atom. The van der Waals surface area contributed by atoms with E-state index in [0.717, 1.165) is 30.0 Å². The average Bonchev–Trinajstić information content (AvgIpc) is 2.80. The molecule has 0 saturated heterocycles. The van der Waals surface area contributed by atoms with Gasteiger partial charge in [-0.25, -0.2) is 0 Å². The van der Waals surface area contributed by atoms with Crippen LogP contribution < -0.4 is 5.32 Å². The summed E-state index contributed by atoms with van der Waals surface area (Å²) < 4.78 is 1.90. The second kappa shape index (κ2) is 6.84. The molecule has 0 radical (unpaired) electrons. The van der Waals surface area contributed by atoms with Crippen LogP contribution in [0.15, 0.2) is 18.2 Å². The molecule has 2 rings (SSSR count). The summed E-state index contributed by atoms with van der Waals surface area (Å²) in [5.74, 6) is 0. The number of nitrogens with one attached hydrogen (secondary N) is 1. The van der Waals surface area contributed by atoms with Crippen LogP contribution in [0.2, 0.25) is 10.0 Å². The van der Waals surface area contributed by atoms with Gasteiger partial charge in [-0.2, -0.15) is 10.4 Å². The summed E-state index contributed by atoms with van der Waals surface area (Å²) in [6.45, 7) is 5.39. The Balaban J connectivity index is 2.18. The zero-order valence-corrected chi connectivity index (χ0v) is 13.5. The third-order valence-electron chi connectivity index (χ3n) is 3.24. The molecule has 6 heteroatoms. The van der Waals surface area contributed by atoms with Crippen LogP contribution in [0.25, 0.3) is 0 Å². The Kier molecular flexibility index (Phi) is 5.11. The lowest BCUT2D eigenvalue weighted by atomic mass is 10.2. The maximum atomic E-state index is 8.87. The number of hydrogen-bond donors (Lipinski definition) is 1. The van der Waals surface area contributed by atoms with Gasteiger partial charge in [-0.3, -0.25) is 4.68 Å². The fourth-order valence-electron chi connectivity index (χ4n) is 2.09. The largest absolute Gasteiger partial charge is 0.379 e. The molecule has 110 valence electrons. The van der Waals surface area contributed by atoms with Crippen molar-refractivity contribution in [3.05, 3.63) is 45.2 Å². The van der Waals surface area contributed by atoms with E-state index >= 15 is 0 Å². The Bertz CT molecular complexity index is 686. The van der Waals surface area contributed by atoms with E-state index < -0.39 is 0 Å². The van der Waals surface area contributed by atoms with Gasteiger partial charge in [0.1, 0.15) is 6.07 Å². The number of benzene rings is 1. The first-order valence-electron chi connectivity index (χ1n) is 6.78. The molecule has 0 saturated carbocycles. The van der Waals surface area contributed by atoms with E-state index in [9.17, 15) is 0 Å². The first kappa shape index (κ1) is 15.7. The van der Waals surface area contributed by atoms with E-state index in [-0.39, 0.29) is 0 Å². The Hall–Kier alpha value is -1.70. The van der Waals surface area contributed by atoms with Gasteiger partial charge in [-0.05, 0) is 31.5 Å². The van der Waals surface area contributed by atoms with Gasteiger partial charge in [-0.15, -0.1) is 0 Å². The molecule has 1 aromatic heterocycles. The summed E-state index contributed by atoms with van der Waals surface area (Å²) in [7, 11) is 0. The summed E-state index contributed by atoms with van der Waals surface area (Å²) in [6, 6.07) is 7.30. The van der Waals surface area contributed by atoms with Gasteiger partial charge in [-0.1, -0.05) is 30.1 Å². The highest BCUT2D eigenvalue weighted by Crippen LogP contribution is 2.24. The van der Waals surface area contributed by atoms with Crippen LogP contribution in [-0.2, 0) is 19.5 Å². The molecular formula is C15H16Cl2N4. The molecular weight excluding hydrogens is 307 g/mol. The minimum absolute atomic E-state index is 0.437. The van der Waals surface area contributed by atoms with Crippen molar-refractivity contribution in [3.63, 3.8) is 0 Å². The van der Waals surface area contributed by atoms with E-state index in [0.29, 0.717) is 22.2 Å². The van der Waals surface area contributed by atoms with Crippen molar-refractivity contribution in [1.29, 1.82) is 5.26 Å². The Labute approximate surface area is 134 Å². The molecule has 21 heavy (non-hydrogen) atoms. The molecule has 0 spiro atoms. The lowest BCUT2D eigenvalue weighted by Crippen LogP contribution is -2.08. The first-order valence-corrected chi connectivity index (χ1v) is 7.53. The molecule has 0 unspecified atom stereocenters. The number of aromatic nitrogens is 2. The number of anilines is 1. The predicted molar refractivity (Wildman–Crippen MR) is 85.8 cm³/mol. The molecule has 4 nitrogen and oxygen atoms in total. The molecule has 0 fully saturated rings. The minimum Gasteiger partial charge on any atom is -0.379 e. The number of hydrogen-bond acceptors (Lipinski definition) is 3. The van der Waals surface area contributed by atoms with Gasteiger partial charge < -0.3 is 5.32 Å². The third-order valence-corrected chi connectivity index (χ3v) is 3.99. The number of halogens is 2. The second-order valence-electron chi connectivity index (χ2n) is 4.54. The fraction of sp³-hybridized carbons (Fsp3) is 0.333. The van der Waals surface area contributed by atoms with Gasteiger partial charge in [0.15, 0.2) is 0 Å². The predicted octanol–water partition coefficient (Wildman–Crippen LogP) is 4.26. The number of rotatable bonds is 5. The number of aryl methyl sites for hydroxylation is 2. The summed E-state index contributed by atoms with van der Waals surface area (Å²) in [5, 5.41) is 17.8. The van der Waals surface area contributed by atoms with Gasteiger partial charge in [0.05, 0.1) is 33.5 Å². The topological polar surface area (TPSA) is 53.6 Å². The van der Waals surface area contributed by atoms with Crippen molar-refractivity contribution in [2.45, 2.75) is 33.4 Å². The maximum Gasteiger partial charge on any atom is 0.101 e. The van der Waals surface area contributed by atoms with Crippen LogP contribution in [0.1, 0.15) is 30.8 Å². The molecule has 1 aromatic carbocycles. The van der Waals surface area contributed by atoms with Crippen molar-refractivity contribution in [1.82, 2.24) is 9.78 Å². The lowest BCUT2D eigenvalue weighted by Gasteiger charge is -2.09. The molecule has 0 aliphatic carbocycles. The van der Waals surface area contributed by atoms with E-state index in [2.05, 4.69) is 10.4 Å². The molecule has 0 bridgehead atoms. The van der Waals surface area contributed by atoms with Crippen LogP contribution in [-0.4, -0.2) is 9.78 Å². The smallest absolute Gasteiger partial charge is 0.101 e. The summed E-state index contributed by atoms with van der Waals surface area (Å²) in [4.78, 5) is 0. The highest BCUT2D eigenvalue weighted by molar-refractivity contribution is 6.32. The zero-order chi connectivity index (χ0) is 15.4. The van der Waals surface area contributed by atoms with Crippen molar-refractivity contribution < 1.29 is 0 Å². The van der Waals surface area contributed by atoms with E-state index in [1.165, 1.54) is 0 Å². The summed E-state index contributed by atoms with van der Waals surface area (Å²) in [6.07, 6.45) is 0.807. The van der Waals surface area contributed by atoms with Crippen LogP contribution >= 0.6 is 23.2 Å². The van der Waals surface area contributed by atoms with E-state index in [1.807, 2.05) is 30.7 Å². The summed E-state index contributed by atoms with van der Waals surface area (Å²) >= 11 is 12.4. The van der Waals surface area contributed by atoms with E-state index in [4.69, 9.17) is 28.5 Å². The quantitative estimate of drug-likeness (QED) is 0.894. The molecule has 2 aromatic rings. The molecule has 0 atom stereocenters. The average molecular weight is 323 g/mol. The van der Waals surface area contributed by atoms with Gasteiger partial charge in [0.2, 0.25) is 0 Å². The third kappa shape index (κ3) is 3.31. The van der Waals surface area contributed by atoms with Crippen molar-refractivity contribution in [3.8, 4) is 6.07 Å². The highest BCUT2D eigenvalue weighted by atomic mass is 35.5. The molecule has 1 heterocycles. The fourth-order valence-corrected chi connectivity index (χ4v) is 2.65. The standard InChI is InChI=1S/C15H16Cl2N4/c1-3-13-15(17)14(21(4-2)20-13)9-19-11-6-5-10(8-18)12(16)7-11/h5-7,19H,3-4,9H2,1-2H3. The Morgan fingerprint density at radius 3 is 2.67 bits per heavy atom. The summed E-state index contributed by atoms with van der Waals surface area (Å²) in [5.41, 5.74) is 3.17. The second-order valence-corrected chi connectivity index (χ2v) is 5.32. The molecule has 1 N–H and O–H groups in total. The van der Waals surface area contributed by atoms with Crippen molar-refractivity contribution in [2.24, 2.45) is 0 Å². The lowest BCUT2D eigenvalue weighted by molar-refractivity contribution is 0.619. The van der Waals surface area contributed by atoms with Crippen LogP contribution in [0, 0.1) is 11.3 Å². The monoisotopic (exact) mass is 322 g/mol. The number of nitrogens with zero attached hydrogens (tertiary/aromatic N) is 3. The van der Waals surface area contributed by atoms with Crippen LogP contribution in [0.5, 0.6) is 0 Å². The van der Waals surface area contributed by atoms with Crippen LogP contribution in [0.4, 0.5) is 5.69 Å². The SMILES string of the molecule is CCc1nn(CC)c(CNc2ccc(C#N)c(Cl)c2)c1Cl. The van der Waals surface area contributed by atoms with Gasteiger partial charge in [0.25, 0.3) is 0 Å². The zero-order valence-electron chi connectivity index (χ0n) is 12.0. The van der Waals surface area contributed by atoms with Crippen LogP contribution in [0.3, 0.4) is 0 Å². The van der Waals surface area contributed by atoms with Crippen molar-refractivity contribution in [2.75, 3.05) is 5.32 Å². The Morgan fingerprint density at radius 2 is 2.10 bits per heavy atom. The van der Waals surface area contributed by atoms with Gasteiger partial charge >= 0.3 is 0 Å². The molecule has 0 amide bonds. The maximum absolute atomic E-state index is 8.87. The molecule has 0 aliphatic rings. The van der Waals surface area contributed by atoms with Gasteiger partial charge in [0, 0.05) is 12.2 Å². The van der Waals surface area contributed by atoms with E-state index in [1.54, 1.807) is 12.1 Å². The highest BCUT2D eigenvalue weighted by Gasteiger charge is 2.14.